The van der Waals surface area contributed by atoms with Crippen molar-refractivity contribution in [2.75, 3.05) is 0 Å². The molecule has 0 radical (unpaired) electrons. The van der Waals surface area contributed by atoms with E-state index in [1.54, 1.807) is 0 Å². The molecule has 69 heavy (non-hydrogen) atoms. The summed E-state index contributed by atoms with van der Waals surface area (Å²) in [5.74, 6) is 0. The number of fused-ring (bicyclic) bond motifs is 10. The van der Waals surface area contributed by atoms with Gasteiger partial charge < -0.3 is 4.57 Å². The maximum Gasteiger partial charge on any atom is 0.179 e. The van der Waals surface area contributed by atoms with Crippen molar-refractivity contribution in [3.63, 3.8) is 0 Å². The second-order valence-corrected chi connectivity index (χ2v) is 25.6. The molecule has 0 unspecified atom stereocenters. The predicted molar refractivity (Wildman–Crippen MR) is 301 cm³/mol. The lowest BCUT2D eigenvalue weighted by Crippen LogP contribution is -2.74. The summed E-state index contributed by atoms with van der Waals surface area (Å²) in [7, 11) is -6.53. The minimum Gasteiger partial charge on any atom is -0.309 e. The van der Waals surface area contributed by atoms with Crippen LogP contribution in [0.2, 0.25) is 0 Å². The summed E-state index contributed by atoms with van der Waals surface area (Å²) >= 11 is 0. The summed E-state index contributed by atoms with van der Waals surface area (Å²) < 4.78 is 34.5. The fourth-order valence-electron chi connectivity index (χ4n) is 11.7. The highest BCUT2D eigenvalue weighted by molar-refractivity contribution is 7.20. The van der Waals surface area contributed by atoms with E-state index in [2.05, 4.69) is 253 Å². The van der Waals surface area contributed by atoms with Gasteiger partial charge in [0.2, 0.25) is 0 Å². The van der Waals surface area contributed by atoms with Gasteiger partial charge in [-0.05, 0) is 92.7 Å². The zero-order valence-electron chi connectivity index (χ0n) is 40.9. The Kier molecular flexibility index (Phi) is 9.16. The number of aromatic nitrogens is 1. The Balaban J connectivity index is 1.24. The smallest absolute Gasteiger partial charge is 0.179 e. The van der Waals surface area contributed by atoms with Gasteiger partial charge in [0.15, 0.2) is 16.1 Å². The summed E-state index contributed by atoms with van der Waals surface area (Å²) in [5, 5.41) is 16.9. The first-order valence-electron chi connectivity index (χ1n) is 25.3. The lowest BCUT2D eigenvalue weighted by atomic mass is 9.92. The van der Waals surface area contributed by atoms with Gasteiger partial charge >= 0.3 is 0 Å². The molecule has 324 valence electrons. The molecule has 3 heteroatoms. The number of benzene rings is 12. The lowest BCUT2D eigenvalue weighted by Gasteiger charge is -2.35. The molecule has 0 aliphatic heterocycles. The summed E-state index contributed by atoms with van der Waals surface area (Å²) in [6, 6.07) is 95.7. The molecule has 1 heterocycles. The standard InChI is InChI=1S/C66H47NSi2/c1-7-25-49(26-8-1)68(50-27-9-2-10-28-50,51-29-11-3-12-30-51)55-37-23-24-48(46-55)67-63-45-44-61-59-40-20-19-38-57(59)58-39-21-22-41-60(58)65(61)66(63)62-43-42-56(47-64(62)67)69(52-31-13-4-14-32-52,53-33-15-5-16-34-53)54-35-17-6-18-36-54/h1-47H/i42D,43D,47D. The SMILES string of the molecule is [2H]c1c([Si](c2ccccc2)(c2ccccc2)c2ccccc2)c([2H])c2c(c1[2H])c1c3c4ccccc4c4ccccc4c3ccc1n2-c1cccc([Si](c2ccccc2)(c2ccccc2)c2ccccc2)c1. The van der Waals surface area contributed by atoms with Crippen LogP contribution in [0.3, 0.4) is 0 Å². The second-order valence-electron chi connectivity index (χ2n) is 18.0. The first kappa shape index (κ1) is 37.7. The number of rotatable bonds is 9. The Morgan fingerprint density at radius 1 is 0.261 bits per heavy atom. The third kappa shape index (κ3) is 6.28. The molecule has 0 fully saturated rings. The van der Waals surface area contributed by atoms with Crippen LogP contribution >= 0.6 is 0 Å². The van der Waals surface area contributed by atoms with Crippen LogP contribution in [0.4, 0.5) is 0 Å². The van der Waals surface area contributed by atoms with E-state index in [-0.39, 0.29) is 18.1 Å². The maximum absolute atomic E-state index is 11.1. The zero-order chi connectivity index (χ0) is 48.4. The number of nitrogens with zero attached hydrogens (tertiary/aromatic N) is 1. The van der Waals surface area contributed by atoms with Crippen LogP contribution in [0.5, 0.6) is 0 Å². The molecule has 0 N–H and O–H groups in total. The van der Waals surface area contributed by atoms with Crippen molar-refractivity contribution in [3.8, 4) is 5.69 Å². The predicted octanol–water partition coefficient (Wildman–Crippen LogP) is 11.0. The monoisotopic (exact) mass is 912 g/mol. The quantitative estimate of drug-likeness (QED) is 0.0773. The molecule has 1 nitrogen and oxygen atoms in total. The molecule has 1 aromatic heterocycles. The Bertz CT molecular complexity index is 3940. The molecule has 0 bridgehead atoms. The van der Waals surface area contributed by atoms with Gasteiger partial charge in [0.05, 0.1) is 15.1 Å². The molecule has 13 aromatic rings. The molecule has 0 amide bonds. The number of hydrogen-bond donors (Lipinski definition) is 0. The van der Waals surface area contributed by atoms with E-state index < -0.39 is 16.1 Å². The average Bonchev–Trinajstić information content (AvgIpc) is 3.82. The van der Waals surface area contributed by atoms with Crippen LogP contribution in [0.25, 0.3) is 59.8 Å². The van der Waals surface area contributed by atoms with Gasteiger partial charge in [-0.15, -0.1) is 0 Å². The van der Waals surface area contributed by atoms with Crippen molar-refractivity contribution in [2.24, 2.45) is 0 Å². The van der Waals surface area contributed by atoms with E-state index in [0.29, 0.717) is 16.1 Å². The van der Waals surface area contributed by atoms with Gasteiger partial charge in [-0.2, -0.15) is 0 Å². The van der Waals surface area contributed by atoms with Crippen molar-refractivity contribution >= 4 is 112 Å². The first-order chi connectivity index (χ1) is 35.5. The van der Waals surface area contributed by atoms with Gasteiger partial charge in [-0.1, -0.05) is 261 Å². The minimum atomic E-state index is -3.52. The van der Waals surface area contributed by atoms with E-state index in [0.717, 1.165) is 59.1 Å². The van der Waals surface area contributed by atoms with Gasteiger partial charge in [0.25, 0.3) is 0 Å². The third-order valence-corrected chi connectivity index (χ3v) is 23.9. The van der Waals surface area contributed by atoms with Crippen LogP contribution < -0.4 is 41.5 Å². The molecular weight excluding hydrogens is 863 g/mol. The molecule has 0 spiro atoms. The molecule has 0 aliphatic rings. The van der Waals surface area contributed by atoms with Crippen LogP contribution in [-0.2, 0) is 0 Å². The van der Waals surface area contributed by atoms with Crippen LogP contribution in [0.15, 0.2) is 285 Å². The van der Waals surface area contributed by atoms with Crippen molar-refractivity contribution in [1.82, 2.24) is 4.57 Å². The molecule has 12 aromatic carbocycles. The highest BCUT2D eigenvalue weighted by atomic mass is 28.3. The molecular formula is C66H47NSi2. The van der Waals surface area contributed by atoms with Crippen molar-refractivity contribution in [1.29, 1.82) is 0 Å². The first-order valence-corrected chi connectivity index (χ1v) is 27.8. The van der Waals surface area contributed by atoms with Crippen LogP contribution in [0.1, 0.15) is 4.11 Å². The molecule has 13 rings (SSSR count). The Labute approximate surface area is 409 Å². The lowest BCUT2D eigenvalue weighted by molar-refractivity contribution is 1.18. The van der Waals surface area contributed by atoms with E-state index in [1.807, 2.05) is 18.2 Å². The molecule has 0 saturated heterocycles. The molecule has 0 atom stereocenters. The Morgan fingerprint density at radius 3 is 1.07 bits per heavy atom. The van der Waals surface area contributed by atoms with Crippen LogP contribution in [-0.4, -0.2) is 20.7 Å². The second kappa shape index (κ2) is 16.8. The molecule has 0 aliphatic carbocycles. The summed E-state index contributed by atoms with van der Waals surface area (Å²) in [5.41, 5.74) is 2.43. The normalized spacial score (nSPS) is 12.7. The third-order valence-electron chi connectivity index (χ3n) is 14.5. The van der Waals surface area contributed by atoms with Gasteiger partial charge in [0.1, 0.15) is 0 Å². The van der Waals surface area contributed by atoms with E-state index in [1.165, 1.54) is 26.1 Å². The summed E-state index contributed by atoms with van der Waals surface area (Å²) in [6.07, 6.45) is 0. The molecule has 0 saturated carbocycles. The van der Waals surface area contributed by atoms with Crippen molar-refractivity contribution in [3.05, 3.63) is 285 Å². The largest absolute Gasteiger partial charge is 0.309 e. The Hall–Kier alpha value is -8.35. The maximum atomic E-state index is 11.1. The van der Waals surface area contributed by atoms with Gasteiger partial charge in [-0.25, -0.2) is 0 Å². The highest BCUT2D eigenvalue weighted by Gasteiger charge is 2.43. The van der Waals surface area contributed by atoms with E-state index in [4.69, 9.17) is 0 Å². The van der Waals surface area contributed by atoms with Crippen LogP contribution in [0, 0.1) is 0 Å². The fraction of sp³-hybridized carbons (Fsp3) is 0. The van der Waals surface area contributed by atoms with Gasteiger partial charge in [0, 0.05) is 21.8 Å². The zero-order valence-corrected chi connectivity index (χ0v) is 39.9. The highest BCUT2D eigenvalue weighted by Crippen LogP contribution is 2.43. The Morgan fingerprint density at radius 2 is 0.623 bits per heavy atom. The van der Waals surface area contributed by atoms with Crippen molar-refractivity contribution < 1.29 is 4.11 Å². The minimum absolute atomic E-state index is 0.0919. The summed E-state index contributed by atoms with van der Waals surface area (Å²) in [6.45, 7) is 0. The van der Waals surface area contributed by atoms with Gasteiger partial charge in [-0.3, -0.25) is 0 Å². The average molecular weight is 913 g/mol. The van der Waals surface area contributed by atoms with Crippen molar-refractivity contribution in [2.45, 2.75) is 0 Å². The van der Waals surface area contributed by atoms with E-state index >= 15 is 0 Å². The summed E-state index contributed by atoms with van der Waals surface area (Å²) in [4.78, 5) is 0. The number of hydrogen-bond acceptors (Lipinski definition) is 0. The van der Waals surface area contributed by atoms with E-state index in [9.17, 15) is 4.11 Å². The topological polar surface area (TPSA) is 4.93 Å². The fourth-order valence-corrected chi connectivity index (χ4v) is 21.0.